The van der Waals surface area contributed by atoms with Crippen LogP contribution in [0.4, 0.5) is 34.1 Å². The Morgan fingerprint density at radius 1 is 0.324 bits per heavy atom. The average Bonchev–Trinajstić information content (AvgIpc) is 3.88. The number of fused-ring (bicyclic) bond motifs is 16. The fraction of sp³-hybridized carbons (Fsp3) is 0.0968. The number of furan rings is 2. The Bertz CT molecular complexity index is 3950. The molecule has 6 heteroatoms. The number of para-hydroxylation sites is 2. The Morgan fingerprint density at radius 2 is 0.691 bits per heavy atom. The molecular weight excluding hydrogens is 826 g/mol. The lowest BCUT2D eigenvalue weighted by Gasteiger charge is -2.49. The highest BCUT2D eigenvalue weighted by molar-refractivity contribution is 7.01. The molecule has 4 nitrogen and oxygen atoms in total. The minimum Gasteiger partial charge on any atom is -0.456 e. The molecule has 3 aliphatic rings. The van der Waals surface area contributed by atoms with E-state index in [2.05, 4.69) is 209 Å². The zero-order valence-electron chi connectivity index (χ0n) is 38.9. The van der Waals surface area contributed by atoms with Crippen LogP contribution in [-0.4, -0.2) is 13.4 Å². The van der Waals surface area contributed by atoms with E-state index in [1.54, 1.807) is 0 Å². The molecule has 0 N–H and O–H groups in total. The lowest BCUT2D eigenvalue weighted by Crippen LogP contribution is -2.62. The molecule has 0 saturated carbocycles. The summed E-state index contributed by atoms with van der Waals surface area (Å²) in [5.74, 6) is 0. The predicted molar refractivity (Wildman–Crippen MR) is 290 cm³/mol. The first kappa shape index (κ1) is 38.2. The van der Waals surface area contributed by atoms with Crippen molar-refractivity contribution in [3.05, 3.63) is 191 Å². The average molecular weight is 871 g/mol. The summed E-state index contributed by atoms with van der Waals surface area (Å²) in [6.07, 6.45) is 0. The van der Waals surface area contributed by atoms with Crippen LogP contribution in [0.3, 0.4) is 0 Å². The van der Waals surface area contributed by atoms with Crippen molar-refractivity contribution in [2.75, 3.05) is 9.80 Å². The Morgan fingerprint density at radius 3 is 1.10 bits per heavy atom. The van der Waals surface area contributed by atoms with Gasteiger partial charge in [-0.3, -0.25) is 0 Å². The highest BCUT2D eigenvalue weighted by Crippen LogP contribution is 2.57. The van der Waals surface area contributed by atoms with Gasteiger partial charge in [0.05, 0.1) is 22.7 Å². The van der Waals surface area contributed by atoms with Crippen molar-refractivity contribution in [2.24, 2.45) is 0 Å². The standard InChI is InChI=1S/C62H44B2N2O2/c1-33-23-35(3)57(36(4)24-33)63-47-29-45-43-19-11-13-21-53(43)67-55(45)31-49(47)65-52-28-40-16-8-10-18-42(40)60-62(52)66(51-27-39-15-7-9-17-41(39)59(63)61(51)65)50-32-56-46(44-20-12-14-22-54(44)68-56)30-48(50)64(60)58-37(5)25-34(2)26-38(58)6/h7-32H,1-6H3. The molecular formula is C62H44B2N2O2. The van der Waals surface area contributed by atoms with Gasteiger partial charge in [0.25, 0.3) is 0 Å². The van der Waals surface area contributed by atoms with Gasteiger partial charge in [-0.15, -0.1) is 0 Å². The van der Waals surface area contributed by atoms with Crippen LogP contribution in [0.25, 0.3) is 65.4 Å². The number of anilines is 6. The van der Waals surface area contributed by atoms with Crippen molar-refractivity contribution in [1.29, 1.82) is 0 Å². The monoisotopic (exact) mass is 870 g/mol. The van der Waals surface area contributed by atoms with E-state index in [1.165, 1.54) is 99.1 Å². The minimum absolute atomic E-state index is 0.0750. The predicted octanol–water partition coefficient (Wildman–Crippen LogP) is 12.6. The van der Waals surface area contributed by atoms with Crippen molar-refractivity contribution in [3.63, 3.8) is 0 Å². The second kappa shape index (κ2) is 13.4. The van der Waals surface area contributed by atoms with Crippen molar-refractivity contribution < 1.29 is 8.83 Å². The highest BCUT2D eigenvalue weighted by atomic mass is 16.3. The summed E-state index contributed by atoms with van der Waals surface area (Å²) in [4.78, 5) is 5.26. The zero-order chi connectivity index (χ0) is 45.4. The minimum atomic E-state index is -0.0750. The van der Waals surface area contributed by atoms with E-state index in [-0.39, 0.29) is 13.4 Å². The quantitative estimate of drug-likeness (QED) is 0.162. The normalized spacial score (nSPS) is 13.6. The van der Waals surface area contributed by atoms with Crippen LogP contribution in [-0.2, 0) is 0 Å². The Labute approximate surface area is 395 Å². The van der Waals surface area contributed by atoms with Crippen molar-refractivity contribution in [3.8, 4) is 0 Å². The van der Waals surface area contributed by atoms with Crippen molar-refractivity contribution in [1.82, 2.24) is 0 Å². The van der Waals surface area contributed by atoms with Gasteiger partial charge in [0.1, 0.15) is 22.3 Å². The largest absolute Gasteiger partial charge is 0.456 e. The molecule has 12 aromatic rings. The number of hydrogen-bond donors (Lipinski definition) is 0. The summed E-state index contributed by atoms with van der Waals surface area (Å²) in [5, 5.41) is 9.53. The molecule has 0 spiro atoms. The molecule has 0 aliphatic carbocycles. The number of nitrogens with zero attached hydrogens (tertiary/aromatic N) is 2. The molecule has 5 heterocycles. The van der Waals surface area contributed by atoms with Crippen LogP contribution in [0.5, 0.6) is 0 Å². The van der Waals surface area contributed by atoms with Gasteiger partial charge in [0, 0.05) is 45.1 Å². The molecule has 0 unspecified atom stereocenters. The number of hydrogen-bond acceptors (Lipinski definition) is 4. The summed E-state index contributed by atoms with van der Waals surface area (Å²) >= 11 is 0. The maximum Gasteiger partial charge on any atom is 0.248 e. The van der Waals surface area contributed by atoms with E-state index >= 15 is 0 Å². The molecule has 15 rings (SSSR count). The third kappa shape index (κ3) is 4.92. The first-order valence-electron chi connectivity index (χ1n) is 24.0. The van der Waals surface area contributed by atoms with E-state index in [0.29, 0.717) is 0 Å². The highest BCUT2D eigenvalue weighted by Gasteiger charge is 2.49. The fourth-order valence-corrected chi connectivity index (χ4v) is 13.4. The maximum atomic E-state index is 6.83. The summed E-state index contributed by atoms with van der Waals surface area (Å²) in [7, 11) is 0. The molecule has 0 bridgehead atoms. The van der Waals surface area contributed by atoms with Gasteiger partial charge in [0.15, 0.2) is 0 Å². The number of rotatable bonds is 2. The molecule has 68 heavy (non-hydrogen) atoms. The molecule has 320 valence electrons. The van der Waals surface area contributed by atoms with Gasteiger partial charge in [-0.25, -0.2) is 0 Å². The fourth-order valence-electron chi connectivity index (χ4n) is 13.4. The second-order valence-corrected chi connectivity index (χ2v) is 19.9. The van der Waals surface area contributed by atoms with E-state index in [4.69, 9.17) is 8.83 Å². The van der Waals surface area contributed by atoms with E-state index in [9.17, 15) is 0 Å². The smallest absolute Gasteiger partial charge is 0.248 e. The first-order chi connectivity index (χ1) is 33.2. The Kier molecular flexibility index (Phi) is 7.50. The number of aryl methyl sites for hydroxylation is 6. The van der Waals surface area contributed by atoms with E-state index < -0.39 is 0 Å². The van der Waals surface area contributed by atoms with Crippen LogP contribution in [0.2, 0.25) is 0 Å². The molecule has 2 aromatic heterocycles. The number of benzene rings is 10. The van der Waals surface area contributed by atoms with Gasteiger partial charge in [-0.2, -0.15) is 0 Å². The van der Waals surface area contributed by atoms with Gasteiger partial charge in [-0.1, -0.05) is 166 Å². The van der Waals surface area contributed by atoms with Gasteiger partial charge < -0.3 is 18.6 Å². The van der Waals surface area contributed by atoms with Crippen molar-refractivity contribution in [2.45, 2.75) is 41.5 Å². The summed E-state index contributed by atoms with van der Waals surface area (Å²) in [5.41, 5.74) is 26.4. The second-order valence-electron chi connectivity index (χ2n) is 19.9. The van der Waals surface area contributed by atoms with Crippen LogP contribution in [0.1, 0.15) is 33.4 Å². The lowest BCUT2D eigenvalue weighted by atomic mass is 9.32. The zero-order valence-corrected chi connectivity index (χ0v) is 38.9. The van der Waals surface area contributed by atoms with Gasteiger partial charge in [0.2, 0.25) is 13.4 Å². The molecule has 0 fully saturated rings. The Balaban J connectivity index is 1.17. The molecule has 0 atom stereocenters. The topological polar surface area (TPSA) is 32.8 Å². The van der Waals surface area contributed by atoms with Crippen LogP contribution in [0.15, 0.2) is 167 Å². The van der Waals surface area contributed by atoms with Crippen LogP contribution in [0, 0.1) is 41.5 Å². The SMILES string of the molecule is Cc1cc(C)c(B2c3cc4c(cc3N3c5cc6ccccc6c6c5N(c5cc7oc8ccccc8c7cc5B6c5c(C)cc(C)cc5C)c5cc6ccccc6c2c53)oc2ccccc24)c(C)c1. The molecule has 10 aromatic carbocycles. The van der Waals surface area contributed by atoms with E-state index in [1.807, 2.05) is 0 Å². The van der Waals surface area contributed by atoms with Gasteiger partial charge in [-0.05, 0) is 109 Å². The van der Waals surface area contributed by atoms with Crippen LogP contribution < -0.4 is 42.6 Å². The third-order valence-electron chi connectivity index (χ3n) is 15.8. The first-order valence-corrected chi connectivity index (χ1v) is 24.0. The Hall–Kier alpha value is -7.95. The summed E-state index contributed by atoms with van der Waals surface area (Å²) in [6, 6.07) is 59.3. The van der Waals surface area contributed by atoms with Crippen molar-refractivity contribution >= 4 is 146 Å². The summed E-state index contributed by atoms with van der Waals surface area (Å²) < 4.78 is 13.7. The summed E-state index contributed by atoms with van der Waals surface area (Å²) in [6.45, 7) is 13.5. The molecule has 0 saturated heterocycles. The maximum absolute atomic E-state index is 6.83. The molecule has 3 aliphatic heterocycles. The lowest BCUT2D eigenvalue weighted by molar-refractivity contribution is 0.668. The van der Waals surface area contributed by atoms with Crippen LogP contribution >= 0.6 is 0 Å². The van der Waals surface area contributed by atoms with E-state index in [0.717, 1.165) is 66.6 Å². The molecule has 0 amide bonds. The van der Waals surface area contributed by atoms with Gasteiger partial charge >= 0.3 is 0 Å². The molecule has 0 radical (unpaired) electrons. The third-order valence-corrected chi connectivity index (χ3v) is 15.8.